The van der Waals surface area contributed by atoms with Crippen LogP contribution < -0.4 is 9.47 Å². The van der Waals surface area contributed by atoms with Crippen LogP contribution >= 0.6 is 0 Å². The van der Waals surface area contributed by atoms with E-state index in [9.17, 15) is 9.59 Å². The van der Waals surface area contributed by atoms with Crippen LogP contribution in [0.3, 0.4) is 0 Å². The molecule has 7 nitrogen and oxygen atoms in total. The van der Waals surface area contributed by atoms with Crippen molar-refractivity contribution in [1.29, 1.82) is 0 Å². The minimum absolute atomic E-state index is 0.0872. The summed E-state index contributed by atoms with van der Waals surface area (Å²) in [4.78, 5) is 32.7. The minimum atomic E-state index is -0.634. The number of rotatable bonds is 4. The molecular weight excluding hydrogens is 334 g/mol. The molecule has 0 aromatic heterocycles. The average Bonchev–Trinajstić information content (AvgIpc) is 2.99. The molecule has 2 aliphatic rings. The van der Waals surface area contributed by atoms with Crippen LogP contribution in [0.1, 0.15) is 12.5 Å². The highest BCUT2D eigenvalue weighted by Crippen LogP contribution is 2.29. The molecule has 7 heteroatoms. The van der Waals surface area contributed by atoms with E-state index in [2.05, 4.69) is 4.99 Å². The second-order valence-corrected chi connectivity index (χ2v) is 6.51. The van der Waals surface area contributed by atoms with E-state index in [1.54, 1.807) is 39.2 Å². The molecule has 2 aliphatic heterocycles. The number of hydrogen-bond acceptors (Lipinski definition) is 6. The molecule has 0 bridgehead atoms. The molecule has 0 aliphatic carbocycles. The summed E-state index contributed by atoms with van der Waals surface area (Å²) in [6.45, 7) is 1.65. The van der Waals surface area contributed by atoms with Crippen molar-refractivity contribution in [3.05, 3.63) is 29.8 Å². The van der Waals surface area contributed by atoms with Crippen LogP contribution in [0.4, 0.5) is 0 Å². The number of carbonyl (C=O) groups excluding carboxylic acids is 2. The third-order valence-corrected chi connectivity index (χ3v) is 4.96. The fraction of sp³-hybridized carbons (Fsp3) is 0.421. The number of ether oxygens (including phenoxy) is 2. The van der Waals surface area contributed by atoms with Crippen molar-refractivity contribution in [3.8, 4) is 11.5 Å². The summed E-state index contributed by atoms with van der Waals surface area (Å²) in [6.07, 6.45) is 3.24. The summed E-state index contributed by atoms with van der Waals surface area (Å²) in [5.41, 5.74) is 0.885. The topological polar surface area (TPSA) is 71.4 Å². The van der Waals surface area contributed by atoms with E-state index < -0.39 is 18.1 Å². The van der Waals surface area contributed by atoms with E-state index in [-0.39, 0.29) is 11.7 Å². The molecule has 0 spiro atoms. The molecule has 3 atom stereocenters. The number of ketones is 1. The summed E-state index contributed by atoms with van der Waals surface area (Å²) in [7, 11) is 6.72. The summed E-state index contributed by atoms with van der Waals surface area (Å²) in [5.74, 6) is 1.13. The molecule has 1 aromatic rings. The molecule has 0 saturated carbocycles. The lowest BCUT2D eigenvalue weighted by molar-refractivity contribution is -0.149. The standard InChI is InChI=1S/C19H23N3O4/c1-11-17(23)16-18(22(3)19(11)24)20-15(21(16)2)7-6-12-8-13(25-4)10-14(9-12)26-5/h6-11,16,18H,1-5H3/b7-6+. The first-order chi connectivity index (χ1) is 12.4. The Morgan fingerprint density at radius 3 is 2.19 bits per heavy atom. The van der Waals surface area contributed by atoms with Crippen LogP contribution in [0.25, 0.3) is 6.08 Å². The first-order valence-corrected chi connectivity index (χ1v) is 8.39. The predicted molar refractivity (Wildman–Crippen MR) is 98.3 cm³/mol. The van der Waals surface area contributed by atoms with Gasteiger partial charge in [0.1, 0.15) is 23.4 Å². The highest BCUT2D eigenvalue weighted by molar-refractivity contribution is 6.10. The Balaban J connectivity index is 1.88. The van der Waals surface area contributed by atoms with Crippen molar-refractivity contribution < 1.29 is 19.1 Å². The van der Waals surface area contributed by atoms with Gasteiger partial charge >= 0.3 is 0 Å². The number of amides is 1. The first-order valence-electron chi connectivity index (χ1n) is 8.39. The Labute approximate surface area is 152 Å². The predicted octanol–water partition coefficient (Wildman–Crippen LogP) is 1.43. The molecule has 1 amide bonds. The molecule has 0 N–H and O–H groups in total. The van der Waals surface area contributed by atoms with Crippen molar-refractivity contribution in [3.63, 3.8) is 0 Å². The fourth-order valence-corrected chi connectivity index (χ4v) is 3.35. The minimum Gasteiger partial charge on any atom is -0.497 e. The maximum absolute atomic E-state index is 12.5. The van der Waals surface area contributed by atoms with Crippen molar-refractivity contribution in [2.45, 2.75) is 19.1 Å². The third-order valence-electron chi connectivity index (χ3n) is 4.96. The Morgan fingerprint density at radius 2 is 1.62 bits per heavy atom. The largest absolute Gasteiger partial charge is 0.497 e. The second-order valence-electron chi connectivity index (χ2n) is 6.51. The third kappa shape index (κ3) is 2.94. The van der Waals surface area contributed by atoms with Crippen LogP contribution in [0.15, 0.2) is 29.3 Å². The molecule has 138 valence electrons. The van der Waals surface area contributed by atoms with Gasteiger partial charge in [0.25, 0.3) is 0 Å². The number of piperidine rings is 1. The zero-order chi connectivity index (χ0) is 19.0. The fourth-order valence-electron chi connectivity index (χ4n) is 3.35. The Bertz CT molecular complexity index is 780. The van der Waals surface area contributed by atoms with Gasteiger partial charge in [-0.3, -0.25) is 9.59 Å². The molecule has 3 rings (SSSR count). The van der Waals surface area contributed by atoms with Gasteiger partial charge in [-0.25, -0.2) is 4.99 Å². The quantitative estimate of drug-likeness (QED) is 0.763. The maximum atomic E-state index is 12.5. The van der Waals surface area contributed by atoms with Gasteiger partial charge < -0.3 is 19.3 Å². The van der Waals surface area contributed by atoms with Crippen molar-refractivity contribution >= 4 is 23.6 Å². The lowest BCUT2D eigenvalue weighted by Gasteiger charge is -2.37. The van der Waals surface area contributed by atoms with Gasteiger partial charge in [-0.2, -0.15) is 0 Å². The summed E-state index contributed by atoms with van der Waals surface area (Å²) < 4.78 is 10.6. The molecule has 2 heterocycles. The SMILES string of the molecule is COc1cc(/C=C/C2=NC3C(C(=O)C(C)C(=O)N3C)N2C)cc(OC)c1. The highest BCUT2D eigenvalue weighted by atomic mass is 16.5. The Hall–Kier alpha value is -2.83. The molecule has 3 unspecified atom stereocenters. The molecule has 1 fully saturated rings. The van der Waals surface area contributed by atoms with Gasteiger partial charge in [-0.1, -0.05) is 6.08 Å². The van der Waals surface area contributed by atoms with Crippen LogP contribution in [0.5, 0.6) is 11.5 Å². The van der Waals surface area contributed by atoms with Gasteiger partial charge in [-0.05, 0) is 30.7 Å². The summed E-state index contributed by atoms with van der Waals surface area (Å²) >= 11 is 0. The Morgan fingerprint density at radius 1 is 1.00 bits per heavy atom. The lowest BCUT2D eigenvalue weighted by atomic mass is 9.91. The molecule has 26 heavy (non-hydrogen) atoms. The molecule has 0 radical (unpaired) electrons. The summed E-state index contributed by atoms with van der Waals surface area (Å²) in [6, 6.07) is 5.12. The number of hydrogen-bond donors (Lipinski definition) is 0. The maximum Gasteiger partial charge on any atom is 0.234 e. The van der Waals surface area contributed by atoms with E-state index in [0.717, 1.165) is 5.56 Å². The zero-order valence-electron chi connectivity index (χ0n) is 15.6. The number of carbonyl (C=O) groups is 2. The van der Waals surface area contributed by atoms with Crippen molar-refractivity contribution in [2.24, 2.45) is 10.9 Å². The Kier molecular flexibility index (Phi) is 4.71. The molecule has 1 aromatic carbocycles. The number of Topliss-reactive ketones (excluding diaryl/α,β-unsaturated/α-hetero) is 1. The van der Waals surface area contributed by atoms with E-state index in [0.29, 0.717) is 17.3 Å². The van der Waals surface area contributed by atoms with Crippen LogP contribution in [0, 0.1) is 5.92 Å². The van der Waals surface area contributed by atoms with Crippen molar-refractivity contribution in [2.75, 3.05) is 28.3 Å². The van der Waals surface area contributed by atoms with E-state index in [4.69, 9.17) is 9.47 Å². The number of fused-ring (bicyclic) bond motifs is 1. The highest BCUT2D eigenvalue weighted by Gasteiger charge is 2.49. The van der Waals surface area contributed by atoms with Crippen LogP contribution in [0.2, 0.25) is 0 Å². The normalized spacial score (nSPS) is 25.6. The van der Waals surface area contributed by atoms with E-state index >= 15 is 0 Å². The number of likely N-dealkylation sites (N-methyl/N-ethyl adjacent to an activating group) is 2. The lowest BCUT2D eigenvalue weighted by Crippen LogP contribution is -2.59. The van der Waals surface area contributed by atoms with Gasteiger partial charge in [0, 0.05) is 20.2 Å². The van der Waals surface area contributed by atoms with E-state index in [1.807, 2.05) is 36.2 Å². The molecular formula is C19H23N3O4. The average molecular weight is 357 g/mol. The number of nitrogens with zero attached hydrogens (tertiary/aromatic N) is 3. The van der Waals surface area contributed by atoms with E-state index in [1.165, 1.54) is 0 Å². The van der Waals surface area contributed by atoms with Crippen LogP contribution in [-0.4, -0.2) is 67.8 Å². The number of aliphatic imine (C=N–C) groups is 1. The van der Waals surface area contributed by atoms with Gasteiger partial charge in [0.05, 0.1) is 20.1 Å². The van der Waals surface area contributed by atoms with Crippen LogP contribution in [-0.2, 0) is 9.59 Å². The second kappa shape index (κ2) is 6.82. The number of methoxy groups -OCH3 is 2. The first kappa shape index (κ1) is 18.0. The van der Waals surface area contributed by atoms with Crippen molar-refractivity contribution in [1.82, 2.24) is 9.80 Å². The smallest absolute Gasteiger partial charge is 0.234 e. The van der Waals surface area contributed by atoms with Gasteiger partial charge in [-0.15, -0.1) is 0 Å². The number of likely N-dealkylation sites (tertiary alicyclic amines) is 1. The van der Waals surface area contributed by atoms with Gasteiger partial charge in [0.15, 0.2) is 11.9 Å². The molecule has 1 saturated heterocycles. The zero-order valence-corrected chi connectivity index (χ0v) is 15.6. The number of benzene rings is 1. The number of amidine groups is 1. The van der Waals surface area contributed by atoms with Gasteiger partial charge in [0.2, 0.25) is 5.91 Å². The summed E-state index contributed by atoms with van der Waals surface area (Å²) in [5, 5.41) is 0. The monoisotopic (exact) mass is 357 g/mol.